The van der Waals surface area contributed by atoms with Crippen molar-refractivity contribution in [3.63, 3.8) is 0 Å². The van der Waals surface area contributed by atoms with Crippen molar-refractivity contribution >= 4 is 5.78 Å². The number of rotatable bonds is 0. The van der Waals surface area contributed by atoms with E-state index >= 15 is 0 Å². The summed E-state index contributed by atoms with van der Waals surface area (Å²) in [5.41, 5.74) is 0. The number of ether oxygens (including phenoxy) is 2. The van der Waals surface area contributed by atoms with Crippen molar-refractivity contribution in [2.24, 2.45) is 0 Å². The Kier molecular flexibility index (Phi) is 1.26. The van der Waals surface area contributed by atoms with Crippen LogP contribution in [0.4, 0.5) is 0 Å². The van der Waals surface area contributed by atoms with Gasteiger partial charge in [-0.1, -0.05) is 0 Å². The first-order valence-electron chi connectivity index (χ1n) is 3.25. The molecule has 2 fully saturated rings. The van der Waals surface area contributed by atoms with Gasteiger partial charge in [0.1, 0.15) is 6.10 Å². The van der Waals surface area contributed by atoms with Crippen molar-refractivity contribution in [2.75, 3.05) is 6.61 Å². The van der Waals surface area contributed by atoms with E-state index in [9.17, 15) is 4.79 Å². The van der Waals surface area contributed by atoms with E-state index in [-0.39, 0.29) is 18.3 Å². The van der Waals surface area contributed by atoms with Crippen molar-refractivity contribution in [1.82, 2.24) is 0 Å². The topological polar surface area (TPSA) is 55.8 Å². The van der Waals surface area contributed by atoms with Gasteiger partial charge in [-0.25, -0.2) is 0 Å². The summed E-state index contributed by atoms with van der Waals surface area (Å²) in [7, 11) is 0. The molecule has 2 aliphatic heterocycles. The van der Waals surface area contributed by atoms with E-state index in [1.54, 1.807) is 0 Å². The highest BCUT2D eigenvalue weighted by atomic mass is 16.7. The lowest BCUT2D eigenvalue weighted by molar-refractivity contribution is -0.162. The fourth-order valence-corrected chi connectivity index (χ4v) is 1.22. The molecular weight excluding hydrogens is 136 g/mol. The number of carbonyl (C=O) groups excluding carboxylic acids is 1. The Morgan fingerprint density at radius 1 is 1.60 bits per heavy atom. The molecule has 2 heterocycles. The minimum absolute atomic E-state index is 0.152. The maximum Gasteiger partial charge on any atom is 0.218 e. The summed E-state index contributed by atoms with van der Waals surface area (Å²) >= 11 is 0. The first-order valence-corrected chi connectivity index (χ1v) is 3.25. The minimum atomic E-state index is -0.687. The maximum atomic E-state index is 10.9. The molecule has 10 heavy (non-hydrogen) atoms. The van der Waals surface area contributed by atoms with Crippen LogP contribution in [0.1, 0.15) is 6.42 Å². The third kappa shape index (κ3) is 0.767. The van der Waals surface area contributed by atoms with Gasteiger partial charge in [0.05, 0.1) is 12.7 Å². The van der Waals surface area contributed by atoms with Gasteiger partial charge < -0.3 is 14.6 Å². The quantitative estimate of drug-likeness (QED) is 0.476. The number of hydrogen-bond acceptors (Lipinski definition) is 4. The predicted octanol–water partition coefficient (Wildman–Crippen LogP) is -0.938. The Morgan fingerprint density at radius 2 is 2.40 bits per heavy atom. The largest absolute Gasteiger partial charge is 0.390 e. The molecule has 56 valence electrons. The minimum Gasteiger partial charge on any atom is -0.390 e. The molecule has 1 N–H and O–H groups in total. The summed E-state index contributed by atoms with van der Waals surface area (Å²) in [5, 5.41) is 9.14. The number of ketones is 1. The molecule has 0 spiro atoms. The summed E-state index contributed by atoms with van der Waals surface area (Å²) < 4.78 is 9.93. The molecule has 0 radical (unpaired) electrons. The van der Waals surface area contributed by atoms with Crippen LogP contribution in [0.25, 0.3) is 0 Å². The van der Waals surface area contributed by atoms with Gasteiger partial charge in [-0.3, -0.25) is 4.79 Å². The molecule has 3 atom stereocenters. The Labute approximate surface area is 57.7 Å². The van der Waals surface area contributed by atoms with Gasteiger partial charge in [-0.05, 0) is 0 Å². The molecule has 0 aromatic heterocycles. The third-order valence-corrected chi connectivity index (χ3v) is 1.81. The van der Waals surface area contributed by atoms with Crippen LogP contribution in [-0.4, -0.2) is 36.0 Å². The van der Waals surface area contributed by atoms with Gasteiger partial charge in [-0.15, -0.1) is 0 Å². The molecule has 2 rings (SSSR count). The SMILES string of the molecule is O=C1C[C@H](O)[C@H]2COC1O2. The molecule has 2 aliphatic rings. The summed E-state index contributed by atoms with van der Waals surface area (Å²) in [5.74, 6) is -0.152. The van der Waals surface area contributed by atoms with E-state index in [0.29, 0.717) is 6.61 Å². The lowest BCUT2D eigenvalue weighted by Crippen LogP contribution is -2.38. The fourth-order valence-electron chi connectivity index (χ4n) is 1.22. The van der Waals surface area contributed by atoms with E-state index in [0.717, 1.165) is 0 Å². The Bertz CT molecular complexity index is 167. The normalized spacial score (nSPS) is 46.1. The lowest BCUT2D eigenvalue weighted by atomic mass is 10.1. The molecule has 4 heteroatoms. The van der Waals surface area contributed by atoms with Crippen LogP contribution >= 0.6 is 0 Å². The Balaban J connectivity index is 2.16. The molecule has 1 unspecified atom stereocenters. The van der Waals surface area contributed by atoms with Crippen LogP contribution in [0.3, 0.4) is 0 Å². The van der Waals surface area contributed by atoms with Gasteiger partial charge >= 0.3 is 0 Å². The number of aliphatic hydroxyl groups excluding tert-OH is 1. The van der Waals surface area contributed by atoms with E-state index in [4.69, 9.17) is 14.6 Å². The van der Waals surface area contributed by atoms with Gasteiger partial charge in [0.15, 0.2) is 5.78 Å². The number of fused-ring (bicyclic) bond motifs is 2. The van der Waals surface area contributed by atoms with Crippen LogP contribution < -0.4 is 0 Å². The Morgan fingerprint density at radius 3 is 3.20 bits per heavy atom. The molecule has 0 aromatic rings. The molecule has 0 amide bonds. The summed E-state index contributed by atoms with van der Waals surface area (Å²) in [6, 6.07) is 0. The summed E-state index contributed by atoms with van der Waals surface area (Å²) in [6.45, 7) is 0.345. The van der Waals surface area contributed by atoms with Crippen molar-refractivity contribution < 1.29 is 19.4 Å². The zero-order chi connectivity index (χ0) is 7.14. The maximum absolute atomic E-state index is 10.9. The van der Waals surface area contributed by atoms with E-state index in [2.05, 4.69) is 0 Å². The van der Waals surface area contributed by atoms with Crippen molar-refractivity contribution in [3.05, 3.63) is 0 Å². The molecule has 0 aliphatic carbocycles. The fraction of sp³-hybridized carbons (Fsp3) is 0.833. The monoisotopic (exact) mass is 144 g/mol. The Hall–Kier alpha value is -0.450. The van der Waals surface area contributed by atoms with Gasteiger partial charge in [0, 0.05) is 6.42 Å². The van der Waals surface area contributed by atoms with E-state index < -0.39 is 12.4 Å². The summed E-state index contributed by atoms with van der Waals surface area (Å²) in [6.07, 6.45) is -1.45. The average molecular weight is 144 g/mol. The highest BCUT2D eigenvalue weighted by Gasteiger charge is 2.42. The smallest absolute Gasteiger partial charge is 0.218 e. The van der Waals surface area contributed by atoms with Crippen LogP contribution in [0, 0.1) is 0 Å². The van der Waals surface area contributed by atoms with Crippen molar-refractivity contribution in [3.8, 4) is 0 Å². The molecule has 2 saturated heterocycles. The van der Waals surface area contributed by atoms with E-state index in [1.165, 1.54) is 0 Å². The zero-order valence-corrected chi connectivity index (χ0v) is 5.32. The highest BCUT2D eigenvalue weighted by Crippen LogP contribution is 2.24. The van der Waals surface area contributed by atoms with E-state index in [1.807, 2.05) is 0 Å². The van der Waals surface area contributed by atoms with Gasteiger partial charge in [-0.2, -0.15) is 0 Å². The lowest BCUT2D eigenvalue weighted by Gasteiger charge is -2.21. The second-order valence-electron chi connectivity index (χ2n) is 2.58. The van der Waals surface area contributed by atoms with Crippen molar-refractivity contribution in [1.29, 1.82) is 0 Å². The number of hydrogen-bond donors (Lipinski definition) is 1. The van der Waals surface area contributed by atoms with Crippen LogP contribution in [0.2, 0.25) is 0 Å². The molecule has 2 bridgehead atoms. The number of aliphatic hydroxyl groups is 1. The standard InChI is InChI=1S/C6H8O4/c7-3-1-4(8)6-9-2-5(3)10-6/h3,5-7H,1-2H2/t3-,5+,6?/m0/s1. The molecular formula is C6H8O4. The second kappa shape index (κ2) is 2.02. The molecule has 4 nitrogen and oxygen atoms in total. The van der Waals surface area contributed by atoms with Crippen LogP contribution in [-0.2, 0) is 14.3 Å². The second-order valence-corrected chi connectivity index (χ2v) is 2.58. The predicted molar refractivity (Wildman–Crippen MR) is 30.2 cm³/mol. The van der Waals surface area contributed by atoms with Crippen LogP contribution in [0.5, 0.6) is 0 Å². The van der Waals surface area contributed by atoms with Crippen LogP contribution in [0.15, 0.2) is 0 Å². The highest BCUT2D eigenvalue weighted by molar-refractivity contribution is 5.83. The summed E-state index contributed by atoms with van der Waals surface area (Å²) in [4.78, 5) is 10.9. The zero-order valence-electron chi connectivity index (χ0n) is 5.32. The molecule has 0 saturated carbocycles. The number of carbonyl (C=O) groups is 1. The number of Topliss-reactive ketones (excluding diaryl/α,β-unsaturated/α-hetero) is 1. The third-order valence-electron chi connectivity index (χ3n) is 1.81. The first-order chi connectivity index (χ1) is 4.77. The van der Waals surface area contributed by atoms with Gasteiger partial charge in [0.2, 0.25) is 6.29 Å². The molecule has 0 aromatic carbocycles. The van der Waals surface area contributed by atoms with Crippen molar-refractivity contribution in [2.45, 2.75) is 24.9 Å². The van der Waals surface area contributed by atoms with Gasteiger partial charge in [0.25, 0.3) is 0 Å². The average Bonchev–Trinajstić information content (AvgIpc) is 2.28. The first kappa shape index (κ1) is 6.27.